The van der Waals surface area contributed by atoms with E-state index in [4.69, 9.17) is 4.55 Å². The number of hydrogen-bond acceptors (Lipinski definition) is 5. The minimum Gasteiger partial charge on any atom is -0.374 e. The van der Waals surface area contributed by atoms with Gasteiger partial charge in [0.15, 0.2) is 0 Å². The summed E-state index contributed by atoms with van der Waals surface area (Å²) in [7, 11) is -4.40. The molecule has 0 atom stereocenters. The van der Waals surface area contributed by atoms with Gasteiger partial charge in [0.2, 0.25) is 10.0 Å². The van der Waals surface area contributed by atoms with Gasteiger partial charge in [0, 0.05) is 32.9 Å². The number of rotatable bonds is 8. The Morgan fingerprint density at radius 3 is 1.83 bits per heavy atom. The Kier molecular flexibility index (Phi) is 11.1. The monoisotopic (exact) mass is 382 g/mol. The predicted octanol–water partition coefficient (Wildman–Crippen LogP) is 2.09. The van der Waals surface area contributed by atoms with E-state index < -0.39 is 25.0 Å². The lowest BCUT2D eigenvalue weighted by Crippen LogP contribution is -2.33. The van der Waals surface area contributed by atoms with Gasteiger partial charge in [-0.25, -0.2) is 12.7 Å². The van der Waals surface area contributed by atoms with E-state index in [1.165, 1.54) is 23.8 Å². The third kappa shape index (κ3) is 10.6. The number of hydrogen-bond donors (Lipinski definition) is 1. The second kappa shape index (κ2) is 10.7. The fourth-order valence-corrected chi connectivity index (χ4v) is 2.03. The first-order chi connectivity index (χ1) is 10.7. The summed E-state index contributed by atoms with van der Waals surface area (Å²) in [5.74, 6) is 0. The van der Waals surface area contributed by atoms with E-state index in [9.17, 15) is 16.8 Å². The third-order valence-electron chi connectivity index (χ3n) is 2.94. The molecule has 0 rings (SSSR count). The van der Waals surface area contributed by atoms with Crippen LogP contribution in [-0.2, 0) is 20.1 Å². The first-order valence-electron chi connectivity index (χ1n) is 7.34. The van der Waals surface area contributed by atoms with Gasteiger partial charge in [-0.1, -0.05) is 33.4 Å². The summed E-state index contributed by atoms with van der Waals surface area (Å²) < 4.78 is 54.3. The molecule has 7 nitrogen and oxygen atoms in total. The molecule has 0 aromatic carbocycles. The molecule has 0 amide bonds. The van der Waals surface area contributed by atoms with E-state index in [1.807, 2.05) is 0 Å². The van der Waals surface area contributed by atoms with Crippen molar-refractivity contribution in [3.05, 3.63) is 35.4 Å². The smallest absolute Gasteiger partial charge is 0.293 e. The first-order valence-corrected chi connectivity index (χ1v) is 10.6. The molecule has 0 aliphatic heterocycles. The fraction of sp³-hybridized carbons (Fsp3) is 0.600. The van der Waals surface area contributed by atoms with Gasteiger partial charge in [-0.15, -0.1) is 0 Å². The molecule has 9 heteroatoms. The summed E-state index contributed by atoms with van der Waals surface area (Å²) >= 11 is 0. The predicted molar refractivity (Wildman–Crippen MR) is 99.7 cm³/mol. The van der Waals surface area contributed by atoms with E-state index >= 15 is 0 Å². The number of likely N-dealkylation sites (N-methyl/N-ethyl adjacent to an activating group) is 2. The summed E-state index contributed by atoms with van der Waals surface area (Å²) in [6.07, 6.45) is 3.57. The van der Waals surface area contributed by atoms with Crippen LogP contribution < -0.4 is 0 Å². The largest absolute Gasteiger partial charge is 0.374 e. The van der Waals surface area contributed by atoms with Gasteiger partial charge in [-0.3, -0.25) is 4.55 Å². The molecule has 0 bridgehead atoms. The van der Waals surface area contributed by atoms with E-state index in [2.05, 4.69) is 27.0 Å². The Morgan fingerprint density at radius 2 is 1.50 bits per heavy atom. The molecule has 0 radical (unpaired) electrons. The molecule has 0 aliphatic carbocycles. The van der Waals surface area contributed by atoms with Crippen molar-refractivity contribution < 1.29 is 21.4 Å². The van der Waals surface area contributed by atoms with Crippen LogP contribution in [0.5, 0.6) is 0 Å². The highest BCUT2D eigenvalue weighted by Gasteiger charge is 2.14. The van der Waals surface area contributed by atoms with Crippen molar-refractivity contribution in [2.75, 3.05) is 33.4 Å². The third-order valence-corrected chi connectivity index (χ3v) is 5.04. The van der Waals surface area contributed by atoms with Crippen molar-refractivity contribution in [2.24, 2.45) is 0 Å². The van der Waals surface area contributed by atoms with Crippen LogP contribution in [-0.4, -0.2) is 64.0 Å². The van der Waals surface area contributed by atoms with Crippen molar-refractivity contribution in [1.29, 1.82) is 0 Å². The maximum atomic E-state index is 11.3. The van der Waals surface area contributed by atoms with Crippen LogP contribution in [0.2, 0.25) is 0 Å². The first kappa shape index (κ1) is 25.1. The van der Waals surface area contributed by atoms with Crippen LogP contribution in [0.4, 0.5) is 0 Å². The minimum atomic E-state index is -4.32. The lowest BCUT2D eigenvalue weighted by atomic mass is 10.2. The van der Waals surface area contributed by atoms with E-state index in [0.717, 1.165) is 6.26 Å². The van der Waals surface area contributed by atoms with Crippen LogP contribution in [0.25, 0.3) is 0 Å². The van der Waals surface area contributed by atoms with Gasteiger partial charge in [0.25, 0.3) is 10.1 Å². The molecular weight excluding hydrogens is 352 g/mol. The molecular formula is C15H30N2O5S2. The van der Waals surface area contributed by atoms with Crippen molar-refractivity contribution in [3.8, 4) is 0 Å². The van der Waals surface area contributed by atoms with Crippen molar-refractivity contribution >= 4 is 20.1 Å². The van der Waals surface area contributed by atoms with Gasteiger partial charge in [0.1, 0.15) is 0 Å². The second-order valence-electron chi connectivity index (χ2n) is 5.43. The average molecular weight is 383 g/mol. The van der Waals surface area contributed by atoms with Crippen molar-refractivity contribution in [2.45, 2.75) is 27.2 Å². The van der Waals surface area contributed by atoms with Gasteiger partial charge in [-0.2, -0.15) is 8.42 Å². The summed E-state index contributed by atoms with van der Waals surface area (Å²) in [5.41, 5.74) is 1.00. The van der Waals surface area contributed by atoms with Crippen molar-refractivity contribution in [3.63, 3.8) is 0 Å². The minimum absolute atomic E-state index is 0.265. The molecule has 0 aliphatic rings. The molecule has 0 saturated carbocycles. The van der Waals surface area contributed by atoms with Crippen LogP contribution in [0.1, 0.15) is 27.2 Å². The maximum absolute atomic E-state index is 11.3. The Balaban J connectivity index is 0. The normalized spacial score (nSPS) is 12.4. The highest BCUT2D eigenvalue weighted by Crippen LogP contribution is 2.15. The highest BCUT2D eigenvalue weighted by molar-refractivity contribution is 7.90. The molecule has 24 heavy (non-hydrogen) atoms. The Hall–Kier alpha value is -1.16. The van der Waals surface area contributed by atoms with E-state index in [1.54, 1.807) is 18.9 Å². The molecule has 142 valence electrons. The number of allylic oxidation sites excluding steroid dienone is 2. The SMILES string of the molecule is C=C(/C(C)=C\C(=C)S(=O)(=O)O)N(C)CCN(C)S(C)(=O)=O.CCC. The molecule has 1 N–H and O–H groups in total. The lowest BCUT2D eigenvalue weighted by molar-refractivity contribution is 0.371. The zero-order chi connectivity index (χ0) is 19.7. The summed E-state index contributed by atoms with van der Waals surface area (Å²) in [6.45, 7) is 13.6. The van der Waals surface area contributed by atoms with Crippen molar-refractivity contribution in [1.82, 2.24) is 9.21 Å². The Morgan fingerprint density at radius 1 is 1.08 bits per heavy atom. The molecule has 0 unspecified atom stereocenters. The molecule has 0 saturated heterocycles. The van der Waals surface area contributed by atoms with Gasteiger partial charge in [-0.05, 0) is 18.6 Å². The maximum Gasteiger partial charge on any atom is 0.293 e. The quantitative estimate of drug-likeness (QED) is 0.510. The van der Waals surface area contributed by atoms with Crippen LogP contribution in [0.3, 0.4) is 0 Å². The van der Waals surface area contributed by atoms with Gasteiger partial charge in [0.05, 0.1) is 11.2 Å². The summed E-state index contributed by atoms with van der Waals surface area (Å²) in [4.78, 5) is 1.26. The van der Waals surface area contributed by atoms with Crippen LogP contribution in [0, 0.1) is 0 Å². The fourth-order valence-electron chi connectivity index (χ4n) is 1.29. The second-order valence-corrected chi connectivity index (χ2v) is 8.99. The Bertz CT molecular complexity index is 664. The topological polar surface area (TPSA) is 95.0 Å². The van der Waals surface area contributed by atoms with Crippen LogP contribution in [0.15, 0.2) is 35.4 Å². The molecule has 0 fully saturated rings. The van der Waals surface area contributed by atoms with E-state index in [0.29, 0.717) is 17.8 Å². The summed E-state index contributed by atoms with van der Waals surface area (Å²) in [5, 5.41) is 0. The zero-order valence-electron chi connectivity index (χ0n) is 15.4. The van der Waals surface area contributed by atoms with Crippen LogP contribution >= 0.6 is 0 Å². The molecule has 0 aromatic rings. The Labute approximate surface area is 147 Å². The summed E-state index contributed by atoms with van der Waals surface area (Å²) in [6, 6.07) is 0. The highest BCUT2D eigenvalue weighted by atomic mass is 32.2. The van der Waals surface area contributed by atoms with Gasteiger partial charge < -0.3 is 4.90 Å². The zero-order valence-corrected chi connectivity index (χ0v) is 17.0. The molecule has 0 spiro atoms. The lowest BCUT2D eigenvalue weighted by Gasteiger charge is -2.24. The standard InChI is InChI=1S/C12H22N2O5S2.C3H8/c1-10(9-11(2)21(17,18)19)12(3)13(4)7-8-14(5)20(6,15)16;1-3-2/h9H,2-3,7-8H2,1,4-6H3,(H,17,18,19);3H2,1-2H3/b10-9-;. The van der Waals surface area contributed by atoms with Gasteiger partial charge >= 0.3 is 0 Å². The molecule has 0 aromatic heterocycles. The van der Waals surface area contributed by atoms with E-state index in [-0.39, 0.29) is 6.54 Å². The number of nitrogens with zero attached hydrogens (tertiary/aromatic N) is 2. The molecule has 0 heterocycles. The average Bonchev–Trinajstić information content (AvgIpc) is 2.42. The number of sulfonamides is 1.